The van der Waals surface area contributed by atoms with E-state index in [1.54, 1.807) is 49.4 Å². The molecule has 0 unspecified atom stereocenters. The Morgan fingerprint density at radius 2 is 1.93 bits per heavy atom. The van der Waals surface area contributed by atoms with Crippen LogP contribution in [-0.4, -0.2) is 5.97 Å². The van der Waals surface area contributed by atoms with Gasteiger partial charge in [-0.1, -0.05) is 23.7 Å². The molecule has 28 heavy (non-hydrogen) atoms. The van der Waals surface area contributed by atoms with Gasteiger partial charge in [0.1, 0.15) is 5.58 Å². The maximum Gasteiger partial charge on any atom is 0.344 e. The molecule has 2 heterocycles. The van der Waals surface area contributed by atoms with Crippen LogP contribution in [0.15, 0.2) is 72.9 Å². The highest BCUT2D eigenvalue weighted by molar-refractivity contribution is 9.10. The highest BCUT2D eigenvalue weighted by Crippen LogP contribution is 2.33. The lowest BCUT2D eigenvalue weighted by molar-refractivity contribution is 0.0730. The van der Waals surface area contributed by atoms with Crippen LogP contribution in [0.2, 0.25) is 5.02 Å². The molecule has 7 heteroatoms. The molecular weight excluding hydrogens is 448 g/mol. The molecule has 0 atom stereocenters. The van der Waals surface area contributed by atoms with Crippen molar-refractivity contribution in [2.45, 2.75) is 6.92 Å². The van der Waals surface area contributed by atoms with Crippen molar-refractivity contribution < 1.29 is 18.4 Å². The van der Waals surface area contributed by atoms with E-state index in [-0.39, 0.29) is 28.2 Å². The molecule has 0 fully saturated rings. The first kappa shape index (κ1) is 18.5. The Labute approximate surface area is 172 Å². The van der Waals surface area contributed by atoms with Crippen LogP contribution in [0.4, 0.5) is 0 Å². The van der Waals surface area contributed by atoms with Gasteiger partial charge in [-0.2, -0.15) is 0 Å². The van der Waals surface area contributed by atoms with E-state index >= 15 is 0 Å². The fraction of sp³-hybridized carbons (Fsp3) is 0.0476. The number of aryl methyl sites for hydroxylation is 1. The highest BCUT2D eigenvalue weighted by Gasteiger charge is 2.24. The van der Waals surface area contributed by atoms with Gasteiger partial charge in [-0.25, -0.2) is 4.79 Å². The molecule has 2 aromatic carbocycles. The molecule has 4 aromatic rings. The zero-order valence-electron chi connectivity index (χ0n) is 14.5. The van der Waals surface area contributed by atoms with Gasteiger partial charge in [0.25, 0.3) is 0 Å². The molecule has 0 aliphatic rings. The van der Waals surface area contributed by atoms with Crippen molar-refractivity contribution >= 4 is 44.5 Å². The summed E-state index contributed by atoms with van der Waals surface area (Å²) in [6.07, 6.45) is 1.44. The minimum atomic E-state index is -0.704. The number of carbonyl (C=O) groups is 1. The van der Waals surface area contributed by atoms with Crippen LogP contribution in [0, 0.1) is 6.92 Å². The monoisotopic (exact) mass is 458 g/mol. The number of ether oxygens (including phenoxy) is 1. The summed E-state index contributed by atoms with van der Waals surface area (Å²) >= 11 is 9.47. The van der Waals surface area contributed by atoms with Crippen LogP contribution in [-0.2, 0) is 0 Å². The lowest BCUT2D eigenvalue weighted by atomic mass is 10.1. The number of benzene rings is 2. The van der Waals surface area contributed by atoms with Gasteiger partial charge in [-0.05, 0) is 64.8 Å². The third kappa shape index (κ3) is 3.25. The van der Waals surface area contributed by atoms with E-state index in [9.17, 15) is 9.59 Å². The summed E-state index contributed by atoms with van der Waals surface area (Å²) in [5.74, 6) is -0.667. The second-order valence-corrected chi connectivity index (χ2v) is 7.30. The molecule has 0 amide bonds. The maximum atomic E-state index is 13.1. The van der Waals surface area contributed by atoms with Gasteiger partial charge in [0.15, 0.2) is 5.76 Å². The summed E-state index contributed by atoms with van der Waals surface area (Å²) in [7, 11) is 0. The molecule has 0 aliphatic heterocycles. The molecule has 0 saturated carbocycles. The predicted octanol–water partition coefficient (Wildman–Crippen LogP) is 6.00. The summed E-state index contributed by atoms with van der Waals surface area (Å²) in [5, 5.41) is 0.620. The van der Waals surface area contributed by atoms with Crippen molar-refractivity contribution in [3.05, 3.63) is 85.6 Å². The largest absolute Gasteiger partial charge is 0.461 e. The highest BCUT2D eigenvalue weighted by atomic mass is 79.9. The molecule has 0 saturated heterocycles. The topological polar surface area (TPSA) is 69.7 Å². The van der Waals surface area contributed by atoms with Crippen molar-refractivity contribution in [2.75, 3.05) is 0 Å². The van der Waals surface area contributed by atoms with Crippen molar-refractivity contribution in [1.82, 2.24) is 0 Å². The van der Waals surface area contributed by atoms with E-state index < -0.39 is 11.4 Å². The third-order valence-electron chi connectivity index (χ3n) is 4.16. The van der Waals surface area contributed by atoms with Gasteiger partial charge in [-0.3, -0.25) is 4.79 Å². The van der Waals surface area contributed by atoms with Crippen molar-refractivity contribution in [3.63, 3.8) is 0 Å². The summed E-state index contributed by atoms with van der Waals surface area (Å²) in [4.78, 5) is 25.8. The predicted molar refractivity (Wildman–Crippen MR) is 109 cm³/mol. The van der Waals surface area contributed by atoms with Crippen LogP contribution in [0.3, 0.4) is 0 Å². The molecule has 0 N–H and O–H groups in total. The van der Waals surface area contributed by atoms with Gasteiger partial charge in [-0.15, -0.1) is 0 Å². The number of halogens is 2. The zero-order chi connectivity index (χ0) is 19.8. The van der Waals surface area contributed by atoms with Gasteiger partial charge < -0.3 is 13.6 Å². The fourth-order valence-electron chi connectivity index (χ4n) is 2.74. The molecule has 5 nitrogen and oxygen atoms in total. The van der Waals surface area contributed by atoms with Crippen LogP contribution >= 0.6 is 27.5 Å². The van der Waals surface area contributed by atoms with E-state index in [4.69, 9.17) is 25.2 Å². The number of rotatable bonds is 3. The number of hydrogen-bond donors (Lipinski definition) is 0. The smallest absolute Gasteiger partial charge is 0.344 e. The molecule has 0 spiro atoms. The van der Waals surface area contributed by atoms with Crippen LogP contribution < -0.4 is 10.2 Å². The minimum Gasteiger partial charge on any atom is -0.461 e. The Morgan fingerprint density at radius 1 is 1.14 bits per heavy atom. The van der Waals surface area contributed by atoms with Crippen molar-refractivity contribution in [2.24, 2.45) is 0 Å². The van der Waals surface area contributed by atoms with Gasteiger partial charge in [0, 0.05) is 9.50 Å². The van der Waals surface area contributed by atoms with Crippen LogP contribution in [0.5, 0.6) is 5.75 Å². The molecule has 2 aromatic heterocycles. The first-order chi connectivity index (χ1) is 13.5. The summed E-state index contributed by atoms with van der Waals surface area (Å²) < 4.78 is 17.3. The molecule has 140 valence electrons. The summed E-state index contributed by atoms with van der Waals surface area (Å²) in [6, 6.07) is 13.2. The van der Waals surface area contributed by atoms with E-state index in [2.05, 4.69) is 15.9 Å². The van der Waals surface area contributed by atoms with Crippen molar-refractivity contribution in [1.29, 1.82) is 0 Å². The minimum absolute atomic E-state index is 0.0321. The number of hydrogen-bond acceptors (Lipinski definition) is 5. The second kappa shape index (κ2) is 7.30. The van der Waals surface area contributed by atoms with E-state index in [0.717, 1.165) is 5.56 Å². The number of furan rings is 1. The molecule has 4 rings (SSSR count). The first-order valence-corrected chi connectivity index (χ1v) is 9.40. The summed E-state index contributed by atoms with van der Waals surface area (Å²) in [5.41, 5.74) is 0.823. The third-order valence-corrected chi connectivity index (χ3v) is 5.26. The van der Waals surface area contributed by atoms with Crippen LogP contribution in [0.25, 0.3) is 22.5 Å². The normalized spacial score (nSPS) is 11.0. The number of esters is 1. The zero-order valence-corrected chi connectivity index (χ0v) is 16.8. The number of carbonyl (C=O) groups excluding carboxylic acids is 1. The van der Waals surface area contributed by atoms with Gasteiger partial charge in [0.05, 0.1) is 17.2 Å². The molecule has 0 bridgehead atoms. The first-order valence-electron chi connectivity index (χ1n) is 8.23. The average Bonchev–Trinajstić information content (AvgIpc) is 3.20. The molecule has 0 radical (unpaired) electrons. The standard InChI is InChI=1S/C21H12BrClO5/c1-11-9-17-13(10-15(11)23)18(24)20(19(27-17)16-7-4-8-26-16)28-21(25)12-5-2-3-6-14(12)22/h2-10H,1H3. The molecule has 0 aliphatic carbocycles. The SMILES string of the molecule is Cc1cc2oc(-c3ccco3)c(OC(=O)c3ccccc3Br)c(=O)c2cc1Cl. The van der Waals surface area contributed by atoms with Crippen LogP contribution in [0.1, 0.15) is 15.9 Å². The maximum absolute atomic E-state index is 13.1. The lowest BCUT2D eigenvalue weighted by Crippen LogP contribution is -2.16. The molecular formula is C21H12BrClO5. The Kier molecular flexibility index (Phi) is 4.83. The fourth-order valence-corrected chi connectivity index (χ4v) is 3.35. The van der Waals surface area contributed by atoms with Crippen molar-refractivity contribution in [3.8, 4) is 17.3 Å². The van der Waals surface area contributed by atoms with Gasteiger partial charge >= 0.3 is 5.97 Å². The Balaban J connectivity index is 1.93. The van der Waals surface area contributed by atoms with E-state index in [1.165, 1.54) is 12.3 Å². The Morgan fingerprint density at radius 3 is 2.64 bits per heavy atom. The second-order valence-electron chi connectivity index (χ2n) is 6.03. The quantitative estimate of drug-likeness (QED) is 0.352. The Bertz CT molecular complexity index is 1260. The Hall–Kier alpha value is -2.83. The average molecular weight is 460 g/mol. The lowest BCUT2D eigenvalue weighted by Gasteiger charge is -2.10. The number of fused-ring (bicyclic) bond motifs is 1. The van der Waals surface area contributed by atoms with E-state index in [1.807, 2.05) is 0 Å². The summed E-state index contributed by atoms with van der Waals surface area (Å²) in [6.45, 7) is 1.80. The van der Waals surface area contributed by atoms with Gasteiger partial charge in [0.2, 0.25) is 16.9 Å². The van der Waals surface area contributed by atoms with E-state index in [0.29, 0.717) is 15.1 Å².